The molecule has 23 heavy (non-hydrogen) atoms. The standard InChI is InChI=1S/C19H20N4/c20-10-8-19(14-4-1-2-5-14)23-13-15(12-22-23)16-6-3-7-18-17(16)9-11-21-18/h3,6-7,9,11-14,19,21H,1-2,4-5,8H2. The van der Waals surface area contributed by atoms with Gasteiger partial charge in [-0.1, -0.05) is 25.0 Å². The Morgan fingerprint density at radius 2 is 2.17 bits per heavy atom. The van der Waals surface area contributed by atoms with Crippen molar-refractivity contribution < 1.29 is 0 Å². The van der Waals surface area contributed by atoms with Crippen LogP contribution in [0.1, 0.15) is 38.1 Å². The van der Waals surface area contributed by atoms with Crippen molar-refractivity contribution in [2.45, 2.75) is 38.1 Å². The molecule has 1 N–H and O–H groups in total. The highest BCUT2D eigenvalue weighted by atomic mass is 15.3. The summed E-state index contributed by atoms with van der Waals surface area (Å²) in [6.45, 7) is 0. The third kappa shape index (κ3) is 2.53. The van der Waals surface area contributed by atoms with Gasteiger partial charge in [0.25, 0.3) is 0 Å². The van der Waals surface area contributed by atoms with E-state index in [1.807, 2.05) is 17.1 Å². The van der Waals surface area contributed by atoms with Crippen LogP contribution in [0.2, 0.25) is 0 Å². The van der Waals surface area contributed by atoms with Gasteiger partial charge in [0.2, 0.25) is 0 Å². The molecule has 0 bridgehead atoms. The molecule has 4 rings (SSSR count). The molecule has 0 radical (unpaired) electrons. The van der Waals surface area contributed by atoms with Crippen LogP contribution in [-0.4, -0.2) is 14.8 Å². The summed E-state index contributed by atoms with van der Waals surface area (Å²) in [4.78, 5) is 3.25. The first-order valence-electron chi connectivity index (χ1n) is 8.34. The second kappa shape index (κ2) is 5.92. The number of fused-ring (bicyclic) bond motifs is 1. The van der Waals surface area contributed by atoms with Crippen LogP contribution in [0.5, 0.6) is 0 Å². The first-order chi connectivity index (χ1) is 11.4. The van der Waals surface area contributed by atoms with E-state index in [2.05, 4.69) is 46.6 Å². The molecule has 1 aromatic carbocycles. The number of benzene rings is 1. The van der Waals surface area contributed by atoms with Crippen LogP contribution in [0.15, 0.2) is 42.9 Å². The number of nitrogens with one attached hydrogen (secondary N) is 1. The quantitative estimate of drug-likeness (QED) is 0.761. The Morgan fingerprint density at radius 3 is 3.00 bits per heavy atom. The number of hydrogen-bond donors (Lipinski definition) is 1. The van der Waals surface area contributed by atoms with Crippen LogP contribution in [0.25, 0.3) is 22.0 Å². The Bertz CT molecular complexity index is 846. The minimum atomic E-state index is 0.210. The zero-order chi connectivity index (χ0) is 15.6. The molecule has 0 amide bonds. The van der Waals surface area contributed by atoms with Crippen molar-refractivity contribution in [1.82, 2.24) is 14.8 Å². The molecule has 1 fully saturated rings. The van der Waals surface area contributed by atoms with Crippen molar-refractivity contribution in [3.05, 3.63) is 42.9 Å². The zero-order valence-corrected chi connectivity index (χ0v) is 13.1. The lowest BCUT2D eigenvalue weighted by atomic mass is 9.96. The maximum Gasteiger partial charge on any atom is 0.0677 e. The fourth-order valence-corrected chi connectivity index (χ4v) is 3.91. The maximum atomic E-state index is 9.20. The Morgan fingerprint density at radius 1 is 1.30 bits per heavy atom. The van der Waals surface area contributed by atoms with E-state index in [4.69, 9.17) is 0 Å². The first-order valence-corrected chi connectivity index (χ1v) is 8.34. The van der Waals surface area contributed by atoms with E-state index in [1.54, 1.807) is 0 Å². The predicted octanol–water partition coefficient (Wildman–Crippen LogP) is 4.68. The molecule has 116 valence electrons. The lowest BCUT2D eigenvalue weighted by molar-refractivity contribution is 0.315. The summed E-state index contributed by atoms with van der Waals surface area (Å²) in [6, 6.07) is 10.9. The van der Waals surface area contributed by atoms with Crippen LogP contribution in [0.4, 0.5) is 0 Å². The van der Waals surface area contributed by atoms with Crippen LogP contribution in [-0.2, 0) is 0 Å². The maximum absolute atomic E-state index is 9.20. The molecular weight excluding hydrogens is 284 g/mol. The van der Waals surface area contributed by atoms with Gasteiger partial charge in [-0.25, -0.2) is 0 Å². The normalized spacial score (nSPS) is 16.7. The molecule has 4 heteroatoms. The Kier molecular flexibility index (Phi) is 3.63. The fourth-order valence-electron chi connectivity index (χ4n) is 3.91. The van der Waals surface area contributed by atoms with E-state index >= 15 is 0 Å². The average Bonchev–Trinajstić information content (AvgIpc) is 3.32. The highest BCUT2D eigenvalue weighted by molar-refractivity contribution is 5.94. The van der Waals surface area contributed by atoms with Crippen LogP contribution >= 0.6 is 0 Å². The Labute approximate surface area is 135 Å². The van der Waals surface area contributed by atoms with Crippen molar-refractivity contribution in [3.8, 4) is 17.2 Å². The first kappa shape index (κ1) is 14.1. The topological polar surface area (TPSA) is 57.4 Å². The molecule has 4 nitrogen and oxygen atoms in total. The van der Waals surface area contributed by atoms with Crippen LogP contribution < -0.4 is 0 Å². The molecule has 1 unspecified atom stereocenters. The van der Waals surface area contributed by atoms with Gasteiger partial charge in [-0.15, -0.1) is 0 Å². The van der Waals surface area contributed by atoms with Crippen LogP contribution in [0.3, 0.4) is 0 Å². The van der Waals surface area contributed by atoms with Gasteiger partial charge in [0.05, 0.1) is 24.7 Å². The SMILES string of the molecule is N#CCC(C1CCCC1)n1cc(-c2cccc3[nH]ccc23)cn1. The summed E-state index contributed by atoms with van der Waals surface area (Å²) >= 11 is 0. The molecule has 0 spiro atoms. The van der Waals surface area contributed by atoms with E-state index in [0.29, 0.717) is 12.3 Å². The molecule has 3 aromatic rings. The molecule has 1 atom stereocenters. The summed E-state index contributed by atoms with van der Waals surface area (Å²) in [5, 5.41) is 15.0. The fraction of sp³-hybridized carbons (Fsp3) is 0.368. The van der Waals surface area contributed by atoms with Gasteiger partial charge in [0.1, 0.15) is 0 Å². The van der Waals surface area contributed by atoms with Gasteiger partial charge in [-0.3, -0.25) is 4.68 Å². The smallest absolute Gasteiger partial charge is 0.0677 e. The van der Waals surface area contributed by atoms with E-state index in [9.17, 15) is 5.26 Å². The monoisotopic (exact) mass is 304 g/mol. The summed E-state index contributed by atoms with van der Waals surface area (Å²) in [6.07, 6.45) is 11.6. The third-order valence-electron chi connectivity index (χ3n) is 5.09. The molecular formula is C19H20N4. The predicted molar refractivity (Wildman–Crippen MR) is 90.7 cm³/mol. The number of rotatable bonds is 4. The molecule has 2 aromatic heterocycles. The minimum absolute atomic E-state index is 0.210. The second-order valence-corrected chi connectivity index (χ2v) is 6.43. The lowest BCUT2D eigenvalue weighted by Gasteiger charge is -2.21. The average molecular weight is 304 g/mol. The number of nitriles is 1. The zero-order valence-electron chi connectivity index (χ0n) is 13.1. The van der Waals surface area contributed by atoms with Crippen molar-refractivity contribution in [2.75, 3.05) is 0 Å². The van der Waals surface area contributed by atoms with E-state index in [0.717, 1.165) is 11.1 Å². The molecule has 1 saturated carbocycles. The summed E-state index contributed by atoms with van der Waals surface area (Å²) in [7, 11) is 0. The molecule has 0 saturated heterocycles. The van der Waals surface area contributed by atoms with Gasteiger partial charge >= 0.3 is 0 Å². The molecule has 1 aliphatic rings. The highest BCUT2D eigenvalue weighted by Gasteiger charge is 2.27. The largest absolute Gasteiger partial charge is 0.361 e. The van der Waals surface area contributed by atoms with Gasteiger partial charge in [0, 0.05) is 28.9 Å². The molecule has 0 aliphatic heterocycles. The summed E-state index contributed by atoms with van der Waals surface area (Å²) in [5.41, 5.74) is 3.45. The Hall–Kier alpha value is -2.54. The third-order valence-corrected chi connectivity index (χ3v) is 5.09. The van der Waals surface area contributed by atoms with E-state index in [1.165, 1.54) is 36.6 Å². The number of H-pyrrole nitrogens is 1. The molecule has 2 heterocycles. The summed E-state index contributed by atoms with van der Waals surface area (Å²) in [5.74, 6) is 0.588. The van der Waals surface area contributed by atoms with Gasteiger partial charge < -0.3 is 4.98 Å². The van der Waals surface area contributed by atoms with E-state index in [-0.39, 0.29) is 6.04 Å². The van der Waals surface area contributed by atoms with Crippen molar-refractivity contribution in [2.24, 2.45) is 5.92 Å². The van der Waals surface area contributed by atoms with Gasteiger partial charge in [-0.2, -0.15) is 10.4 Å². The van der Waals surface area contributed by atoms with Crippen molar-refractivity contribution >= 4 is 10.9 Å². The van der Waals surface area contributed by atoms with E-state index < -0.39 is 0 Å². The van der Waals surface area contributed by atoms with Gasteiger partial charge in [-0.05, 0) is 36.5 Å². The van der Waals surface area contributed by atoms with Crippen LogP contribution in [0, 0.1) is 17.2 Å². The highest BCUT2D eigenvalue weighted by Crippen LogP contribution is 2.37. The Balaban J connectivity index is 1.70. The summed E-state index contributed by atoms with van der Waals surface area (Å²) < 4.78 is 2.03. The van der Waals surface area contributed by atoms with Crippen molar-refractivity contribution in [3.63, 3.8) is 0 Å². The minimum Gasteiger partial charge on any atom is -0.361 e. The lowest BCUT2D eigenvalue weighted by Crippen LogP contribution is -2.17. The molecule has 1 aliphatic carbocycles. The second-order valence-electron chi connectivity index (χ2n) is 6.43. The number of aromatic amines is 1. The number of aromatic nitrogens is 3. The van der Waals surface area contributed by atoms with Crippen molar-refractivity contribution in [1.29, 1.82) is 5.26 Å². The van der Waals surface area contributed by atoms with Gasteiger partial charge in [0.15, 0.2) is 0 Å². The number of nitrogens with zero attached hydrogens (tertiary/aromatic N) is 3. The number of hydrogen-bond acceptors (Lipinski definition) is 2.